The highest BCUT2D eigenvalue weighted by Gasteiger charge is 2.20. The molecule has 2 fully saturated rings. The number of carbonyl (C=O) groups is 1. The van der Waals surface area contributed by atoms with Crippen molar-refractivity contribution >= 4 is 5.91 Å². The Balaban J connectivity index is 1.55. The van der Waals surface area contributed by atoms with E-state index < -0.39 is 0 Å². The van der Waals surface area contributed by atoms with Crippen LogP contribution in [0.25, 0.3) is 0 Å². The Hall–Kier alpha value is -0.570. The molecule has 0 spiro atoms. The fraction of sp³-hybridized carbons (Fsp3) is 0.929. The quantitative estimate of drug-likeness (QED) is 0.745. The Morgan fingerprint density at radius 3 is 2.94 bits per heavy atom. The fourth-order valence-electron chi connectivity index (χ4n) is 3.14. The van der Waals surface area contributed by atoms with Crippen molar-refractivity contribution in [1.29, 1.82) is 0 Å². The zero-order chi connectivity index (χ0) is 12.1. The van der Waals surface area contributed by atoms with Crippen LogP contribution in [0, 0.1) is 5.92 Å². The third kappa shape index (κ3) is 3.98. The summed E-state index contributed by atoms with van der Waals surface area (Å²) >= 11 is 0. The van der Waals surface area contributed by atoms with Crippen molar-refractivity contribution in [1.82, 2.24) is 10.2 Å². The van der Waals surface area contributed by atoms with Gasteiger partial charge in [-0.15, -0.1) is 0 Å². The maximum Gasteiger partial charge on any atom is 0.222 e. The molecule has 2 atom stereocenters. The summed E-state index contributed by atoms with van der Waals surface area (Å²) in [6.07, 6.45) is 8.40. The Bertz CT molecular complexity index is 255. The molecule has 98 valence electrons. The summed E-state index contributed by atoms with van der Waals surface area (Å²) in [6.45, 7) is 5.37. The first-order chi connectivity index (χ1) is 8.25. The number of likely N-dealkylation sites (tertiary alicyclic amines) is 1. The zero-order valence-electron chi connectivity index (χ0n) is 11.1. The molecule has 3 nitrogen and oxygen atoms in total. The lowest BCUT2D eigenvalue weighted by molar-refractivity contribution is -0.127. The van der Waals surface area contributed by atoms with Crippen LogP contribution < -0.4 is 5.32 Å². The largest absolute Gasteiger partial charge is 0.343 e. The molecule has 1 aliphatic carbocycles. The smallest absolute Gasteiger partial charge is 0.222 e. The van der Waals surface area contributed by atoms with Gasteiger partial charge in [0.1, 0.15) is 0 Å². The van der Waals surface area contributed by atoms with Crippen molar-refractivity contribution in [3.05, 3.63) is 0 Å². The van der Waals surface area contributed by atoms with E-state index in [1.54, 1.807) is 0 Å². The number of amides is 1. The van der Waals surface area contributed by atoms with Gasteiger partial charge in [-0.05, 0) is 38.1 Å². The Morgan fingerprint density at radius 1 is 1.35 bits per heavy atom. The molecular weight excluding hydrogens is 212 g/mol. The number of carbonyl (C=O) groups excluding carboxylic acids is 1. The van der Waals surface area contributed by atoms with Gasteiger partial charge in [0.15, 0.2) is 0 Å². The first-order valence-electron chi connectivity index (χ1n) is 7.27. The molecule has 17 heavy (non-hydrogen) atoms. The van der Waals surface area contributed by atoms with Gasteiger partial charge in [-0.2, -0.15) is 0 Å². The minimum atomic E-state index is 0.358. The van der Waals surface area contributed by atoms with Crippen molar-refractivity contribution in [2.75, 3.05) is 19.6 Å². The van der Waals surface area contributed by atoms with Crippen molar-refractivity contribution < 1.29 is 4.79 Å². The average Bonchev–Trinajstić information content (AvgIpc) is 2.71. The van der Waals surface area contributed by atoms with Gasteiger partial charge in [-0.1, -0.05) is 19.8 Å². The SMILES string of the molecule is C[C@H]1CCC[C@@H](NCCCN2CCCC2=O)C1. The maximum absolute atomic E-state index is 11.4. The summed E-state index contributed by atoms with van der Waals surface area (Å²) in [6, 6.07) is 0.730. The maximum atomic E-state index is 11.4. The monoisotopic (exact) mass is 238 g/mol. The van der Waals surface area contributed by atoms with Crippen LogP contribution in [0.2, 0.25) is 0 Å². The average molecular weight is 238 g/mol. The minimum Gasteiger partial charge on any atom is -0.343 e. The Morgan fingerprint density at radius 2 is 2.24 bits per heavy atom. The van der Waals surface area contributed by atoms with Gasteiger partial charge in [0.25, 0.3) is 0 Å². The van der Waals surface area contributed by atoms with Crippen LogP contribution in [0.4, 0.5) is 0 Å². The summed E-state index contributed by atoms with van der Waals surface area (Å²) in [7, 11) is 0. The normalized spacial score (nSPS) is 29.9. The van der Waals surface area contributed by atoms with Gasteiger partial charge in [-0.3, -0.25) is 4.79 Å². The second kappa shape index (κ2) is 6.39. The van der Waals surface area contributed by atoms with Crippen LogP contribution in [0.3, 0.4) is 0 Å². The molecule has 1 aliphatic heterocycles. The van der Waals surface area contributed by atoms with E-state index in [9.17, 15) is 4.79 Å². The summed E-state index contributed by atoms with van der Waals surface area (Å²) in [5.74, 6) is 1.25. The van der Waals surface area contributed by atoms with Crippen molar-refractivity contribution in [2.24, 2.45) is 5.92 Å². The molecule has 1 N–H and O–H groups in total. The highest BCUT2D eigenvalue weighted by atomic mass is 16.2. The molecule has 1 heterocycles. The number of hydrogen-bond donors (Lipinski definition) is 1. The van der Waals surface area contributed by atoms with E-state index in [1.165, 1.54) is 25.7 Å². The lowest BCUT2D eigenvalue weighted by Crippen LogP contribution is -2.36. The lowest BCUT2D eigenvalue weighted by Gasteiger charge is -2.27. The fourth-order valence-corrected chi connectivity index (χ4v) is 3.14. The second-order valence-electron chi connectivity index (χ2n) is 5.76. The standard InChI is InChI=1S/C14H26N2O/c1-12-5-2-6-13(11-12)15-8-4-10-16-9-3-7-14(16)17/h12-13,15H,2-11H2,1H3/t12-,13+/m0/s1. The number of nitrogens with one attached hydrogen (secondary N) is 1. The molecule has 3 heteroatoms. The molecule has 1 amide bonds. The van der Waals surface area contributed by atoms with Gasteiger partial charge in [0, 0.05) is 25.6 Å². The Kier molecular flexibility index (Phi) is 4.84. The number of rotatable bonds is 5. The molecule has 0 aromatic heterocycles. The highest BCUT2D eigenvalue weighted by molar-refractivity contribution is 5.77. The molecule has 2 rings (SSSR count). The number of hydrogen-bond acceptors (Lipinski definition) is 2. The summed E-state index contributed by atoms with van der Waals surface area (Å²) in [5.41, 5.74) is 0. The van der Waals surface area contributed by atoms with Gasteiger partial charge < -0.3 is 10.2 Å². The van der Waals surface area contributed by atoms with Crippen LogP contribution in [0.15, 0.2) is 0 Å². The molecule has 0 bridgehead atoms. The summed E-state index contributed by atoms with van der Waals surface area (Å²) < 4.78 is 0. The minimum absolute atomic E-state index is 0.358. The first-order valence-corrected chi connectivity index (χ1v) is 7.27. The van der Waals surface area contributed by atoms with Crippen LogP contribution in [0.1, 0.15) is 51.9 Å². The van der Waals surface area contributed by atoms with Gasteiger partial charge in [-0.25, -0.2) is 0 Å². The third-order valence-corrected chi connectivity index (χ3v) is 4.15. The molecule has 1 saturated carbocycles. The third-order valence-electron chi connectivity index (χ3n) is 4.15. The molecule has 0 aromatic rings. The first kappa shape index (κ1) is 12.9. The van der Waals surface area contributed by atoms with Gasteiger partial charge in [0.2, 0.25) is 5.91 Å². The van der Waals surface area contributed by atoms with Crippen LogP contribution in [0.5, 0.6) is 0 Å². The molecule has 1 saturated heterocycles. The highest BCUT2D eigenvalue weighted by Crippen LogP contribution is 2.23. The van der Waals surface area contributed by atoms with E-state index in [1.807, 2.05) is 4.90 Å². The van der Waals surface area contributed by atoms with Crippen LogP contribution >= 0.6 is 0 Å². The van der Waals surface area contributed by atoms with E-state index >= 15 is 0 Å². The van der Waals surface area contributed by atoms with E-state index in [-0.39, 0.29) is 0 Å². The topological polar surface area (TPSA) is 32.3 Å². The zero-order valence-corrected chi connectivity index (χ0v) is 11.1. The molecule has 2 aliphatic rings. The summed E-state index contributed by atoms with van der Waals surface area (Å²) in [4.78, 5) is 13.4. The van der Waals surface area contributed by atoms with E-state index in [4.69, 9.17) is 0 Å². The van der Waals surface area contributed by atoms with E-state index in [2.05, 4.69) is 12.2 Å². The van der Waals surface area contributed by atoms with Gasteiger partial charge in [0.05, 0.1) is 0 Å². The van der Waals surface area contributed by atoms with Crippen LogP contribution in [-0.4, -0.2) is 36.5 Å². The van der Waals surface area contributed by atoms with Crippen molar-refractivity contribution in [3.8, 4) is 0 Å². The van der Waals surface area contributed by atoms with E-state index in [0.717, 1.165) is 50.9 Å². The molecule has 0 unspecified atom stereocenters. The Labute approximate surface area is 105 Å². The van der Waals surface area contributed by atoms with Crippen molar-refractivity contribution in [2.45, 2.75) is 57.9 Å². The predicted molar refractivity (Wildman–Crippen MR) is 69.9 cm³/mol. The van der Waals surface area contributed by atoms with Crippen molar-refractivity contribution in [3.63, 3.8) is 0 Å². The summed E-state index contributed by atoms with van der Waals surface area (Å²) in [5, 5.41) is 3.65. The number of nitrogens with zero attached hydrogens (tertiary/aromatic N) is 1. The van der Waals surface area contributed by atoms with Crippen LogP contribution in [-0.2, 0) is 4.79 Å². The van der Waals surface area contributed by atoms with Gasteiger partial charge >= 0.3 is 0 Å². The predicted octanol–water partition coefficient (Wildman–Crippen LogP) is 2.17. The second-order valence-corrected chi connectivity index (χ2v) is 5.76. The lowest BCUT2D eigenvalue weighted by atomic mass is 9.87. The molecule has 0 aromatic carbocycles. The molecular formula is C14H26N2O. The van der Waals surface area contributed by atoms with E-state index in [0.29, 0.717) is 5.91 Å². The molecule has 0 radical (unpaired) electrons.